The van der Waals surface area contributed by atoms with Crippen LogP contribution in [-0.4, -0.2) is 58.6 Å². The van der Waals surface area contributed by atoms with Crippen LogP contribution in [-0.2, 0) is 11.3 Å². The van der Waals surface area contributed by atoms with Crippen LogP contribution in [0.1, 0.15) is 49.3 Å². The number of carbonyl (C=O) groups excluding carboxylic acids is 1. The normalized spacial score (nSPS) is 14.4. The fourth-order valence-electron chi connectivity index (χ4n) is 4.21. The van der Waals surface area contributed by atoms with Crippen molar-refractivity contribution in [2.75, 3.05) is 27.5 Å². The summed E-state index contributed by atoms with van der Waals surface area (Å²) in [6.07, 6.45) is 1.92. The maximum Gasteiger partial charge on any atom is 0.274 e. The monoisotopic (exact) mass is 524 g/mol. The Bertz CT molecular complexity index is 1340. The van der Waals surface area contributed by atoms with E-state index < -0.39 is 0 Å². The van der Waals surface area contributed by atoms with E-state index in [-0.39, 0.29) is 18.1 Å². The van der Waals surface area contributed by atoms with Crippen molar-refractivity contribution in [3.05, 3.63) is 52.0 Å². The molecule has 0 unspecified atom stereocenters. The molecule has 1 aromatic carbocycles. The van der Waals surface area contributed by atoms with Crippen molar-refractivity contribution < 1.29 is 19.0 Å². The van der Waals surface area contributed by atoms with Gasteiger partial charge in [0.15, 0.2) is 5.69 Å². The fourth-order valence-corrected chi connectivity index (χ4v) is 4.82. The summed E-state index contributed by atoms with van der Waals surface area (Å²) in [6, 6.07) is 5.90. The molecule has 11 heteroatoms. The van der Waals surface area contributed by atoms with Gasteiger partial charge in [0, 0.05) is 53.5 Å². The molecule has 0 saturated carbocycles. The number of nitrogens with zero attached hydrogens (tertiary/aromatic N) is 4. The molecular weight excluding hydrogens is 492 g/mol. The number of thiophene rings is 1. The van der Waals surface area contributed by atoms with E-state index in [1.54, 1.807) is 30.4 Å². The predicted octanol–water partition coefficient (Wildman–Crippen LogP) is 3.99. The van der Waals surface area contributed by atoms with Gasteiger partial charge in [0.05, 0.1) is 24.2 Å². The summed E-state index contributed by atoms with van der Waals surface area (Å²) >= 11 is 1.58. The van der Waals surface area contributed by atoms with Gasteiger partial charge < -0.3 is 24.5 Å². The van der Waals surface area contributed by atoms with Gasteiger partial charge in [-0.3, -0.25) is 9.80 Å². The number of aromatic nitrogens is 2. The Balaban J connectivity index is 1.66. The highest BCUT2D eigenvalue weighted by Crippen LogP contribution is 2.45. The number of nitrogens with one attached hydrogen (secondary N) is 2. The van der Waals surface area contributed by atoms with Crippen molar-refractivity contribution in [3.63, 3.8) is 0 Å². The van der Waals surface area contributed by atoms with Crippen LogP contribution in [0.15, 0.2) is 35.2 Å². The van der Waals surface area contributed by atoms with Crippen LogP contribution in [0.5, 0.6) is 11.5 Å². The minimum atomic E-state index is -0.356. The van der Waals surface area contributed by atoms with Crippen LogP contribution in [0.25, 0.3) is 22.6 Å². The van der Waals surface area contributed by atoms with Gasteiger partial charge in [-0.25, -0.2) is 4.68 Å². The van der Waals surface area contributed by atoms with Gasteiger partial charge in [0.25, 0.3) is 5.91 Å². The summed E-state index contributed by atoms with van der Waals surface area (Å²) in [4.78, 5) is 15.3. The van der Waals surface area contributed by atoms with Crippen molar-refractivity contribution >= 4 is 22.9 Å². The first kappa shape index (κ1) is 25.1. The van der Waals surface area contributed by atoms with Crippen LogP contribution in [0, 0.1) is 0 Å². The van der Waals surface area contributed by atoms with Gasteiger partial charge in [-0.15, -0.1) is 5.53 Å². The van der Waals surface area contributed by atoms with E-state index in [4.69, 9.17) is 19.3 Å². The molecule has 0 fully saturated rings. The molecule has 2 aromatic heterocycles. The summed E-state index contributed by atoms with van der Waals surface area (Å²) in [5, 5.41) is 10.7. The standard InChI is InChI=1S/C26H32N6O4S/c1-7-35-15-31-12-20(27-29-31)17-10-18-22(11-21(17)34-6)36-13-19-23(25(33)30(5)26(2,3)4)28-32(24(18)19)16-8-9-37-14-16/h8-12,14,27,29H,7,13,15H2,1-6H3. The lowest BCUT2D eigenvalue weighted by atomic mass is 9.97. The number of hydrogen-bond acceptors (Lipinski definition) is 9. The SMILES string of the molecule is CCOCN1C=C(c2cc3c(cc2OC)OCc2c(C(=O)N(C)C(C)(C)C)nn(-c4ccsc4)c2-3)NN1. The topological polar surface area (TPSA) is 93.1 Å². The summed E-state index contributed by atoms with van der Waals surface area (Å²) < 4.78 is 19.3. The molecule has 0 spiro atoms. The van der Waals surface area contributed by atoms with Crippen LogP contribution < -0.4 is 20.4 Å². The van der Waals surface area contributed by atoms with Gasteiger partial charge in [-0.05, 0) is 45.2 Å². The zero-order valence-electron chi connectivity index (χ0n) is 21.9. The molecule has 0 atom stereocenters. The highest BCUT2D eigenvalue weighted by molar-refractivity contribution is 7.08. The van der Waals surface area contributed by atoms with Crippen LogP contribution >= 0.6 is 11.3 Å². The number of fused-ring (bicyclic) bond motifs is 3. The zero-order valence-corrected chi connectivity index (χ0v) is 22.7. The maximum atomic E-state index is 13.6. The van der Waals surface area contributed by atoms with Gasteiger partial charge in [-0.2, -0.15) is 16.4 Å². The molecule has 37 heavy (non-hydrogen) atoms. The molecule has 0 saturated heterocycles. The first-order valence-corrected chi connectivity index (χ1v) is 13.0. The van der Waals surface area contributed by atoms with E-state index in [1.165, 1.54) is 0 Å². The first-order chi connectivity index (χ1) is 17.7. The third-order valence-electron chi connectivity index (χ3n) is 6.52. The molecule has 0 radical (unpaired) electrons. The number of methoxy groups -OCH3 is 1. The molecule has 0 bridgehead atoms. The number of rotatable bonds is 7. The largest absolute Gasteiger partial charge is 0.496 e. The second-order valence-electron chi connectivity index (χ2n) is 9.81. The van der Waals surface area contributed by atoms with Gasteiger partial charge in [-0.1, -0.05) is 0 Å². The van der Waals surface area contributed by atoms with Crippen LogP contribution in [0.4, 0.5) is 0 Å². The minimum absolute atomic E-state index is 0.144. The lowest BCUT2D eigenvalue weighted by Crippen LogP contribution is -2.43. The third kappa shape index (κ3) is 4.54. The summed E-state index contributed by atoms with van der Waals surface area (Å²) in [6.45, 7) is 9.20. The molecule has 196 valence electrons. The first-order valence-electron chi connectivity index (χ1n) is 12.1. The van der Waals surface area contributed by atoms with E-state index in [1.807, 2.05) is 72.5 Å². The Morgan fingerprint density at radius 3 is 2.78 bits per heavy atom. The molecule has 4 heterocycles. The lowest BCUT2D eigenvalue weighted by Gasteiger charge is -2.31. The zero-order chi connectivity index (χ0) is 26.3. The van der Waals surface area contributed by atoms with E-state index in [9.17, 15) is 4.79 Å². The van der Waals surface area contributed by atoms with Crippen molar-refractivity contribution in [2.24, 2.45) is 0 Å². The summed E-state index contributed by atoms with van der Waals surface area (Å²) in [5.41, 5.74) is 11.3. The molecule has 1 amide bonds. The summed E-state index contributed by atoms with van der Waals surface area (Å²) in [5.74, 6) is 1.19. The Morgan fingerprint density at radius 2 is 2.11 bits per heavy atom. The highest BCUT2D eigenvalue weighted by atomic mass is 32.1. The molecule has 2 N–H and O–H groups in total. The average Bonchev–Trinajstić information content (AvgIpc) is 3.64. The Labute approximate surface area is 220 Å². The van der Waals surface area contributed by atoms with Crippen LogP contribution in [0.2, 0.25) is 0 Å². The second kappa shape index (κ2) is 9.73. The predicted molar refractivity (Wildman–Crippen MR) is 142 cm³/mol. The molecule has 2 aliphatic heterocycles. The minimum Gasteiger partial charge on any atom is -0.496 e. The van der Waals surface area contributed by atoms with Gasteiger partial charge in [0.2, 0.25) is 0 Å². The number of hydrogen-bond donors (Lipinski definition) is 2. The molecule has 0 aliphatic carbocycles. The van der Waals surface area contributed by atoms with Gasteiger partial charge in [0.1, 0.15) is 24.8 Å². The van der Waals surface area contributed by atoms with Crippen molar-refractivity contribution in [2.45, 2.75) is 39.8 Å². The number of ether oxygens (including phenoxy) is 3. The van der Waals surface area contributed by atoms with Gasteiger partial charge >= 0.3 is 0 Å². The van der Waals surface area contributed by atoms with Crippen molar-refractivity contribution in [1.82, 2.24) is 30.6 Å². The smallest absolute Gasteiger partial charge is 0.274 e. The van der Waals surface area contributed by atoms with Crippen molar-refractivity contribution in [3.8, 4) is 28.4 Å². The Kier molecular flexibility index (Phi) is 6.61. The summed E-state index contributed by atoms with van der Waals surface area (Å²) in [7, 11) is 3.44. The lowest BCUT2D eigenvalue weighted by molar-refractivity contribution is 0.0370. The number of hydrazine groups is 2. The molecular formula is C26H32N6O4S. The van der Waals surface area contributed by atoms with E-state index in [2.05, 4.69) is 11.0 Å². The van der Waals surface area contributed by atoms with E-state index in [0.29, 0.717) is 30.5 Å². The molecule has 5 rings (SSSR count). The Morgan fingerprint density at radius 1 is 1.30 bits per heavy atom. The van der Waals surface area contributed by atoms with Crippen molar-refractivity contribution in [1.29, 1.82) is 0 Å². The van der Waals surface area contributed by atoms with E-state index in [0.717, 1.165) is 33.8 Å². The Hall–Kier alpha value is -3.54. The number of amides is 1. The van der Waals surface area contributed by atoms with Crippen LogP contribution in [0.3, 0.4) is 0 Å². The second-order valence-corrected chi connectivity index (χ2v) is 10.6. The number of benzene rings is 1. The van der Waals surface area contributed by atoms with E-state index >= 15 is 0 Å². The molecule has 3 aromatic rings. The quantitative estimate of drug-likeness (QED) is 0.479. The molecule has 10 nitrogen and oxygen atoms in total. The fraction of sp³-hybridized carbons (Fsp3) is 0.385. The average molecular weight is 525 g/mol. The number of carbonyl (C=O) groups is 1. The third-order valence-corrected chi connectivity index (χ3v) is 7.19. The molecule has 2 aliphatic rings. The highest BCUT2D eigenvalue weighted by Gasteiger charge is 2.35. The maximum absolute atomic E-state index is 13.6.